The third-order valence-electron chi connectivity index (χ3n) is 2.85. The molecule has 0 saturated carbocycles. The molecule has 1 aliphatic rings. The fourth-order valence-corrected chi connectivity index (χ4v) is 1.74. The van der Waals surface area contributed by atoms with Gasteiger partial charge in [0, 0.05) is 11.6 Å². The molecule has 0 fully saturated rings. The van der Waals surface area contributed by atoms with Gasteiger partial charge in [0.2, 0.25) is 0 Å². The van der Waals surface area contributed by atoms with Gasteiger partial charge in [0.1, 0.15) is 11.4 Å². The Labute approximate surface area is 132 Å². The van der Waals surface area contributed by atoms with Crippen molar-refractivity contribution in [2.24, 2.45) is 20.4 Å². The second-order valence-corrected chi connectivity index (χ2v) is 4.22. The van der Waals surface area contributed by atoms with Crippen molar-refractivity contribution in [2.75, 3.05) is 21.3 Å². The maximum absolute atomic E-state index is 11.1. The van der Waals surface area contributed by atoms with Crippen molar-refractivity contribution in [3.05, 3.63) is 30.0 Å². The molecular weight excluding hydrogens is 302 g/mol. The van der Waals surface area contributed by atoms with Crippen molar-refractivity contribution in [1.29, 1.82) is 0 Å². The van der Waals surface area contributed by atoms with E-state index in [4.69, 9.17) is 14.2 Å². The summed E-state index contributed by atoms with van der Waals surface area (Å²) in [5.41, 5.74) is 0.824. The summed E-state index contributed by atoms with van der Waals surface area (Å²) in [7, 11) is 4.58. The van der Waals surface area contributed by atoms with Crippen LogP contribution in [0.3, 0.4) is 0 Å². The second kappa shape index (κ2) is 7.16. The van der Waals surface area contributed by atoms with Crippen molar-refractivity contribution >= 4 is 18.1 Å². The van der Waals surface area contributed by atoms with E-state index in [2.05, 4.69) is 32.3 Å². The number of hydrogen-bond acceptors (Lipinski definition) is 7. The summed E-state index contributed by atoms with van der Waals surface area (Å²) >= 11 is 0. The summed E-state index contributed by atoms with van der Waals surface area (Å²) in [6, 6.07) is 2.73. The molecule has 9 heteroatoms. The molecule has 0 aromatic heterocycles. The number of carbonyl (C=O) groups is 1. The highest BCUT2D eigenvalue weighted by Crippen LogP contribution is 2.33. The summed E-state index contributed by atoms with van der Waals surface area (Å²) in [6.45, 7) is 3.60. The first-order chi connectivity index (χ1) is 11.1. The minimum absolute atomic E-state index is 0.126. The third kappa shape index (κ3) is 3.70. The van der Waals surface area contributed by atoms with E-state index in [0.29, 0.717) is 22.8 Å². The molecule has 0 bridgehead atoms. The number of amides is 2. The smallest absolute Gasteiger partial charge is 0.365 e. The minimum atomic E-state index is -0.630. The number of nitrogens with zero attached hydrogens (tertiary/aromatic N) is 4. The summed E-state index contributed by atoms with van der Waals surface area (Å²) in [6.07, 6.45) is 1.44. The molecule has 1 aromatic rings. The highest BCUT2D eigenvalue weighted by Gasteiger charge is 2.14. The summed E-state index contributed by atoms with van der Waals surface area (Å²) in [5.74, 6) is 1.70. The Balaban J connectivity index is 2.30. The molecule has 0 unspecified atom stereocenters. The van der Waals surface area contributed by atoms with E-state index >= 15 is 0 Å². The van der Waals surface area contributed by atoms with Crippen LogP contribution in [0, 0.1) is 0 Å². The molecule has 0 saturated heterocycles. The van der Waals surface area contributed by atoms with E-state index < -0.39 is 6.03 Å². The highest BCUT2D eigenvalue weighted by molar-refractivity contribution is 6.08. The standard InChI is InChI=1S/C14H15N5O4/c1-8-13(16-14(20)19-17-8)18-15-7-9-5-11(22-3)12(23-4)6-10(9)21-2/h5-7H,1H2,2-4H3,(H,16,18,20)/b15-7+. The highest BCUT2D eigenvalue weighted by atomic mass is 16.5. The van der Waals surface area contributed by atoms with E-state index in [9.17, 15) is 4.79 Å². The SMILES string of the molecule is C=C1N=NC(=O)N/C1=N/N=C/c1cc(OC)c(OC)cc1OC. The average Bonchev–Trinajstić information content (AvgIpc) is 2.57. The van der Waals surface area contributed by atoms with Gasteiger partial charge in [0.15, 0.2) is 17.3 Å². The van der Waals surface area contributed by atoms with Crippen LogP contribution < -0.4 is 19.5 Å². The van der Waals surface area contributed by atoms with Crippen LogP contribution >= 0.6 is 0 Å². The molecule has 9 nitrogen and oxygen atoms in total. The summed E-state index contributed by atoms with van der Waals surface area (Å²) in [4.78, 5) is 11.1. The Hall–Kier alpha value is -3.23. The lowest BCUT2D eigenvalue weighted by atomic mass is 10.2. The number of urea groups is 1. The van der Waals surface area contributed by atoms with Gasteiger partial charge in [-0.3, -0.25) is 5.32 Å². The number of ether oxygens (including phenoxy) is 3. The van der Waals surface area contributed by atoms with E-state index in [1.54, 1.807) is 12.1 Å². The fourth-order valence-electron chi connectivity index (χ4n) is 1.74. The molecule has 120 valence electrons. The zero-order valence-electron chi connectivity index (χ0n) is 12.9. The fraction of sp³-hybridized carbons (Fsp3) is 0.214. The van der Waals surface area contributed by atoms with Gasteiger partial charge in [0.25, 0.3) is 0 Å². The lowest BCUT2D eigenvalue weighted by Crippen LogP contribution is -2.31. The molecule has 0 atom stereocenters. The Bertz CT molecular complexity index is 724. The van der Waals surface area contributed by atoms with Crippen molar-refractivity contribution in [1.82, 2.24) is 5.32 Å². The van der Waals surface area contributed by atoms with E-state index in [-0.39, 0.29) is 11.5 Å². The molecule has 1 aliphatic heterocycles. The first-order valence-electron chi connectivity index (χ1n) is 6.42. The van der Waals surface area contributed by atoms with Crippen molar-refractivity contribution in [3.63, 3.8) is 0 Å². The number of carbonyl (C=O) groups excluding carboxylic acids is 1. The van der Waals surface area contributed by atoms with Crippen LogP contribution in [0.1, 0.15) is 5.56 Å². The molecule has 1 aromatic carbocycles. The lowest BCUT2D eigenvalue weighted by Gasteiger charge is -2.11. The molecular formula is C14H15N5O4. The number of hydrogen-bond donors (Lipinski definition) is 1. The van der Waals surface area contributed by atoms with Crippen molar-refractivity contribution in [2.45, 2.75) is 0 Å². The number of nitrogens with one attached hydrogen (secondary N) is 1. The van der Waals surface area contributed by atoms with Gasteiger partial charge >= 0.3 is 6.03 Å². The van der Waals surface area contributed by atoms with E-state index in [1.165, 1.54) is 27.5 Å². The first-order valence-corrected chi connectivity index (χ1v) is 6.42. The molecule has 2 rings (SSSR count). The molecule has 23 heavy (non-hydrogen) atoms. The number of amidine groups is 1. The predicted molar refractivity (Wildman–Crippen MR) is 83.7 cm³/mol. The Morgan fingerprint density at radius 3 is 2.39 bits per heavy atom. The monoisotopic (exact) mass is 317 g/mol. The molecule has 0 aliphatic carbocycles. The van der Waals surface area contributed by atoms with E-state index in [1.807, 2.05) is 0 Å². The first kappa shape index (κ1) is 16.1. The Morgan fingerprint density at radius 2 is 1.74 bits per heavy atom. The van der Waals surface area contributed by atoms with Crippen LogP contribution in [0.25, 0.3) is 0 Å². The van der Waals surface area contributed by atoms with Gasteiger partial charge in [-0.1, -0.05) is 11.7 Å². The summed E-state index contributed by atoms with van der Waals surface area (Å²) < 4.78 is 15.7. The molecule has 0 spiro atoms. The third-order valence-corrected chi connectivity index (χ3v) is 2.85. The molecule has 0 radical (unpaired) electrons. The number of azo groups is 1. The van der Waals surface area contributed by atoms with Gasteiger partial charge in [-0.05, 0) is 6.07 Å². The topological polar surface area (TPSA) is 106 Å². The minimum Gasteiger partial charge on any atom is -0.496 e. The van der Waals surface area contributed by atoms with Crippen LogP contribution in [-0.4, -0.2) is 39.4 Å². The van der Waals surface area contributed by atoms with E-state index in [0.717, 1.165) is 0 Å². The number of benzene rings is 1. The van der Waals surface area contributed by atoms with Crippen LogP contribution in [-0.2, 0) is 0 Å². The molecule has 2 amide bonds. The zero-order valence-corrected chi connectivity index (χ0v) is 12.9. The molecule has 1 N–H and O–H groups in total. The van der Waals surface area contributed by atoms with Crippen molar-refractivity contribution < 1.29 is 19.0 Å². The van der Waals surface area contributed by atoms with Crippen LogP contribution in [0.15, 0.2) is 44.8 Å². The van der Waals surface area contributed by atoms with Gasteiger partial charge < -0.3 is 14.2 Å². The predicted octanol–water partition coefficient (Wildman–Crippen LogP) is 2.13. The van der Waals surface area contributed by atoms with Gasteiger partial charge in [-0.15, -0.1) is 10.2 Å². The summed E-state index contributed by atoms with van der Waals surface area (Å²) in [5, 5.41) is 17.0. The second-order valence-electron chi connectivity index (χ2n) is 4.22. The largest absolute Gasteiger partial charge is 0.496 e. The molecule has 1 heterocycles. The Kier molecular flexibility index (Phi) is 5.03. The van der Waals surface area contributed by atoms with Gasteiger partial charge in [-0.25, -0.2) is 4.79 Å². The Morgan fingerprint density at radius 1 is 1.09 bits per heavy atom. The van der Waals surface area contributed by atoms with Gasteiger partial charge in [-0.2, -0.15) is 5.10 Å². The van der Waals surface area contributed by atoms with Crippen LogP contribution in [0.5, 0.6) is 17.2 Å². The number of rotatable bonds is 5. The van der Waals surface area contributed by atoms with Crippen LogP contribution in [0.2, 0.25) is 0 Å². The average molecular weight is 317 g/mol. The van der Waals surface area contributed by atoms with Gasteiger partial charge in [0.05, 0.1) is 27.5 Å². The maximum atomic E-state index is 11.1. The quantitative estimate of drug-likeness (QED) is 0.663. The van der Waals surface area contributed by atoms with Crippen LogP contribution in [0.4, 0.5) is 4.79 Å². The zero-order chi connectivity index (χ0) is 16.8. The number of methoxy groups -OCH3 is 3. The lowest BCUT2D eigenvalue weighted by molar-refractivity contribution is 0.251. The maximum Gasteiger partial charge on any atom is 0.365 e. The normalized spacial score (nSPS) is 15.9. The van der Waals surface area contributed by atoms with Crippen molar-refractivity contribution in [3.8, 4) is 17.2 Å².